The van der Waals surface area contributed by atoms with Crippen LogP contribution < -0.4 is 5.46 Å². The van der Waals surface area contributed by atoms with Gasteiger partial charge >= 0.3 is 0 Å². The van der Waals surface area contributed by atoms with E-state index < -0.39 is 11.5 Å². The second-order valence-electron chi connectivity index (χ2n) is 12.8. The molecule has 0 fully saturated rings. The van der Waals surface area contributed by atoms with E-state index in [1.54, 1.807) is 18.2 Å². The molecule has 0 amide bonds. The molecule has 1 aliphatic rings. The summed E-state index contributed by atoms with van der Waals surface area (Å²) in [5.74, 6) is -0.962. The molecule has 51 heavy (non-hydrogen) atoms. The number of fused-ring (bicyclic) bond motifs is 5. The van der Waals surface area contributed by atoms with E-state index in [4.69, 9.17) is 12.3 Å². The van der Waals surface area contributed by atoms with Gasteiger partial charge in [0.05, 0.1) is 11.3 Å². The SMILES string of the molecule is [B]c1c(O)c(O)c(-c2c3ccccc3c(-c3c(C4=CC=C(O)CC=C4)ccc4oc5ccccc5c34)c3ccccc23)c(O)c1-c1ccccc1. The monoisotopic (exact) mass is 660 g/mol. The van der Waals surface area contributed by atoms with Gasteiger partial charge in [-0.2, -0.15) is 0 Å². The summed E-state index contributed by atoms with van der Waals surface area (Å²) < 4.78 is 6.43. The molecule has 0 spiro atoms. The molecule has 1 heterocycles. The lowest BCUT2D eigenvalue weighted by atomic mass is 9.79. The fourth-order valence-electron chi connectivity index (χ4n) is 7.64. The lowest BCUT2D eigenvalue weighted by Gasteiger charge is -2.23. The Morgan fingerprint density at radius 2 is 1.08 bits per heavy atom. The van der Waals surface area contributed by atoms with Gasteiger partial charge in [-0.25, -0.2) is 0 Å². The van der Waals surface area contributed by atoms with Crippen LogP contribution in [0.25, 0.3) is 82.4 Å². The molecular weight excluding hydrogens is 631 g/mol. The highest BCUT2D eigenvalue weighted by atomic mass is 16.3. The quantitative estimate of drug-likeness (QED) is 0.0652. The summed E-state index contributed by atoms with van der Waals surface area (Å²) in [6, 6.07) is 37.0. The number of hydrogen-bond donors (Lipinski definition) is 4. The minimum absolute atomic E-state index is 0.0849. The van der Waals surface area contributed by atoms with Gasteiger partial charge in [-0.1, -0.05) is 121 Å². The molecule has 8 aromatic rings. The first-order valence-electron chi connectivity index (χ1n) is 16.7. The Morgan fingerprint density at radius 3 is 1.75 bits per heavy atom. The molecule has 0 saturated heterocycles. The summed E-state index contributed by atoms with van der Waals surface area (Å²) in [5, 5.41) is 50.5. The minimum atomic E-state index is -0.503. The number of allylic oxidation sites excluding steroid dienone is 5. The summed E-state index contributed by atoms with van der Waals surface area (Å²) in [7, 11) is 6.37. The standard InChI is InChI=1S/C45H29BO5/c46-42-36(26-11-2-1-3-12-26)43(48)41(44(49)45(42)50)38-31-17-6-4-15-29(31)37(30-16-5-7-18-32(30)38)40-28(25-13-10-14-27(47)22-21-25)23-24-35-39(40)33-19-8-9-20-34(33)51-35/h1-13,15-24,47-50H,14H2. The van der Waals surface area contributed by atoms with Crippen LogP contribution >= 0.6 is 0 Å². The van der Waals surface area contributed by atoms with Gasteiger partial charge in [-0.15, -0.1) is 0 Å². The topological polar surface area (TPSA) is 94.1 Å². The number of para-hydroxylation sites is 1. The fraction of sp³-hybridized carbons (Fsp3) is 0.0222. The summed E-state index contributed by atoms with van der Waals surface area (Å²) in [6.07, 6.45) is 8.08. The molecule has 4 N–H and O–H groups in total. The lowest BCUT2D eigenvalue weighted by Crippen LogP contribution is -2.09. The Hall–Kier alpha value is -6.66. The molecule has 9 rings (SSSR count). The number of phenols is 3. The molecule has 6 heteroatoms. The third kappa shape index (κ3) is 4.64. The second-order valence-corrected chi connectivity index (χ2v) is 12.8. The van der Waals surface area contributed by atoms with Crippen molar-refractivity contribution in [1.82, 2.24) is 0 Å². The number of hydrogen-bond acceptors (Lipinski definition) is 5. The summed E-state index contributed by atoms with van der Waals surface area (Å²) in [4.78, 5) is 0. The third-order valence-electron chi connectivity index (χ3n) is 9.89. The maximum atomic E-state index is 12.1. The molecule has 1 aliphatic carbocycles. The number of furan rings is 1. The van der Waals surface area contributed by atoms with Crippen LogP contribution in [-0.4, -0.2) is 28.3 Å². The van der Waals surface area contributed by atoms with Crippen LogP contribution in [0.5, 0.6) is 17.2 Å². The van der Waals surface area contributed by atoms with E-state index in [-0.39, 0.29) is 28.1 Å². The molecule has 0 atom stereocenters. The normalized spacial score (nSPS) is 13.2. The number of rotatable bonds is 4. The molecule has 1 aromatic heterocycles. The van der Waals surface area contributed by atoms with Crippen molar-refractivity contribution >= 4 is 62.4 Å². The minimum Gasteiger partial charge on any atom is -0.512 e. The first-order chi connectivity index (χ1) is 24.9. The van der Waals surface area contributed by atoms with Crippen molar-refractivity contribution < 1.29 is 24.8 Å². The Labute approximate surface area is 294 Å². The zero-order valence-corrected chi connectivity index (χ0v) is 27.3. The molecule has 242 valence electrons. The molecule has 5 nitrogen and oxygen atoms in total. The molecule has 0 bridgehead atoms. The number of phenolic OH excluding ortho intramolecular Hbond substituents is 3. The van der Waals surface area contributed by atoms with Crippen molar-refractivity contribution in [2.75, 3.05) is 0 Å². The van der Waals surface area contributed by atoms with Crippen LogP contribution in [0.1, 0.15) is 12.0 Å². The third-order valence-corrected chi connectivity index (χ3v) is 9.89. The zero-order valence-electron chi connectivity index (χ0n) is 27.3. The van der Waals surface area contributed by atoms with Gasteiger partial charge in [0.25, 0.3) is 0 Å². The number of aromatic hydroxyl groups is 3. The first-order valence-corrected chi connectivity index (χ1v) is 16.7. The van der Waals surface area contributed by atoms with Gasteiger partial charge in [0.15, 0.2) is 11.5 Å². The van der Waals surface area contributed by atoms with E-state index in [0.717, 1.165) is 65.7 Å². The largest absolute Gasteiger partial charge is 0.512 e. The van der Waals surface area contributed by atoms with Crippen molar-refractivity contribution in [1.29, 1.82) is 0 Å². The Bertz CT molecular complexity index is 2770. The van der Waals surface area contributed by atoms with Crippen LogP contribution in [0.3, 0.4) is 0 Å². The Kier molecular flexibility index (Phi) is 7.00. The second kappa shape index (κ2) is 11.7. The average molecular weight is 661 g/mol. The number of aliphatic hydroxyl groups excluding tert-OH is 1. The fourth-order valence-corrected chi connectivity index (χ4v) is 7.64. The predicted octanol–water partition coefficient (Wildman–Crippen LogP) is 10.6. The summed E-state index contributed by atoms with van der Waals surface area (Å²) in [6.45, 7) is 0. The van der Waals surface area contributed by atoms with Crippen LogP contribution in [0.15, 0.2) is 150 Å². The van der Waals surface area contributed by atoms with E-state index >= 15 is 0 Å². The number of aliphatic hydroxyl groups is 1. The van der Waals surface area contributed by atoms with Gasteiger partial charge in [-0.3, -0.25) is 0 Å². The van der Waals surface area contributed by atoms with Gasteiger partial charge in [0.1, 0.15) is 24.8 Å². The maximum absolute atomic E-state index is 12.1. The van der Waals surface area contributed by atoms with Gasteiger partial charge in [-0.05, 0) is 67.5 Å². The van der Waals surface area contributed by atoms with Crippen LogP contribution in [0.4, 0.5) is 0 Å². The van der Waals surface area contributed by atoms with Gasteiger partial charge in [0, 0.05) is 33.9 Å². The van der Waals surface area contributed by atoms with E-state index in [1.165, 1.54) is 0 Å². The van der Waals surface area contributed by atoms with E-state index in [9.17, 15) is 20.4 Å². The van der Waals surface area contributed by atoms with Crippen LogP contribution in [0.2, 0.25) is 0 Å². The van der Waals surface area contributed by atoms with Gasteiger partial charge < -0.3 is 24.8 Å². The van der Waals surface area contributed by atoms with E-state index in [1.807, 2.05) is 109 Å². The highest BCUT2D eigenvalue weighted by Gasteiger charge is 2.28. The molecular formula is C45H29BO5. The lowest BCUT2D eigenvalue weighted by molar-refractivity contribution is 0.402. The van der Waals surface area contributed by atoms with Crippen molar-refractivity contribution in [3.05, 3.63) is 151 Å². The average Bonchev–Trinajstić information content (AvgIpc) is 3.40. The molecule has 0 unspecified atom stereocenters. The predicted molar refractivity (Wildman–Crippen MR) is 208 cm³/mol. The van der Waals surface area contributed by atoms with E-state index in [2.05, 4.69) is 12.1 Å². The Morgan fingerprint density at radius 1 is 0.490 bits per heavy atom. The Balaban J connectivity index is 1.48. The van der Waals surface area contributed by atoms with Crippen molar-refractivity contribution in [3.8, 4) is 50.6 Å². The molecule has 0 saturated carbocycles. The van der Waals surface area contributed by atoms with Crippen LogP contribution in [0, 0.1) is 0 Å². The van der Waals surface area contributed by atoms with Crippen LogP contribution in [-0.2, 0) is 0 Å². The van der Waals surface area contributed by atoms with Crippen molar-refractivity contribution in [3.63, 3.8) is 0 Å². The number of benzene rings is 7. The molecule has 7 aromatic carbocycles. The first kappa shape index (κ1) is 30.4. The smallest absolute Gasteiger partial charge is 0.168 e. The van der Waals surface area contributed by atoms with E-state index in [0.29, 0.717) is 17.5 Å². The molecule has 0 aliphatic heterocycles. The van der Waals surface area contributed by atoms with Crippen molar-refractivity contribution in [2.45, 2.75) is 6.42 Å². The maximum Gasteiger partial charge on any atom is 0.168 e. The zero-order chi connectivity index (χ0) is 34.8. The molecule has 2 radical (unpaired) electrons. The summed E-state index contributed by atoms with van der Waals surface area (Å²) in [5.41, 5.74) is 6.60. The highest BCUT2D eigenvalue weighted by Crippen LogP contribution is 2.54. The van der Waals surface area contributed by atoms with Crippen molar-refractivity contribution in [2.24, 2.45) is 0 Å². The van der Waals surface area contributed by atoms with Gasteiger partial charge in [0.2, 0.25) is 0 Å². The summed E-state index contributed by atoms with van der Waals surface area (Å²) >= 11 is 0. The highest BCUT2D eigenvalue weighted by molar-refractivity contribution is 6.39.